The third kappa shape index (κ3) is 0.998. The quantitative estimate of drug-likeness (QED) is 0.641. The smallest absolute Gasteiger partial charge is 0.0890 e. The molecule has 0 amide bonds. The van der Waals surface area contributed by atoms with E-state index in [2.05, 4.69) is 5.43 Å². The second-order valence-corrected chi connectivity index (χ2v) is 2.45. The van der Waals surface area contributed by atoms with Gasteiger partial charge in [0.2, 0.25) is 0 Å². The molecule has 0 bridgehead atoms. The molecule has 1 aliphatic rings. The van der Waals surface area contributed by atoms with Crippen LogP contribution in [-0.2, 0) is 4.74 Å². The highest BCUT2D eigenvalue weighted by atomic mass is 16.5. The summed E-state index contributed by atoms with van der Waals surface area (Å²) in [5.74, 6) is 0. The fourth-order valence-electron chi connectivity index (χ4n) is 0.942. The normalized spacial score (nSPS) is 18.4. The van der Waals surface area contributed by atoms with E-state index in [1.165, 1.54) is 0 Å². The highest BCUT2D eigenvalue weighted by Crippen LogP contribution is 2.01. The Morgan fingerprint density at radius 3 is 2.50 bits per heavy atom. The molecule has 0 unspecified atom stereocenters. The molecule has 3 heteroatoms. The van der Waals surface area contributed by atoms with E-state index < -0.39 is 0 Å². The van der Waals surface area contributed by atoms with Crippen LogP contribution in [-0.4, -0.2) is 23.9 Å². The van der Waals surface area contributed by atoms with Gasteiger partial charge in [0.25, 0.3) is 0 Å². The number of rotatable bonds is 2. The van der Waals surface area contributed by atoms with E-state index in [4.69, 9.17) is 4.74 Å². The first kappa shape index (κ1) is 5.80. The zero-order chi connectivity index (χ0) is 6.81. The fourth-order valence-corrected chi connectivity index (χ4v) is 0.942. The molecule has 0 aromatic carbocycles. The summed E-state index contributed by atoms with van der Waals surface area (Å²) in [6, 6.07) is 4.49. The summed E-state index contributed by atoms with van der Waals surface area (Å²) >= 11 is 0. The third-order valence-corrected chi connectivity index (χ3v) is 1.57. The first-order valence-corrected chi connectivity index (χ1v) is 3.42. The van der Waals surface area contributed by atoms with Gasteiger partial charge in [0.15, 0.2) is 0 Å². The van der Waals surface area contributed by atoms with Crippen LogP contribution in [0.15, 0.2) is 24.5 Å². The van der Waals surface area contributed by atoms with Gasteiger partial charge in [0.1, 0.15) is 0 Å². The molecule has 0 spiro atoms. The van der Waals surface area contributed by atoms with Crippen LogP contribution in [0.1, 0.15) is 0 Å². The van der Waals surface area contributed by atoms with Gasteiger partial charge in [-0.2, -0.15) is 0 Å². The number of nitrogens with zero attached hydrogens (tertiary/aromatic N) is 1. The highest BCUT2D eigenvalue weighted by Gasteiger charge is 2.16. The van der Waals surface area contributed by atoms with Crippen molar-refractivity contribution in [3.8, 4) is 0 Å². The first-order valence-electron chi connectivity index (χ1n) is 3.42. The second-order valence-electron chi connectivity index (χ2n) is 2.45. The topological polar surface area (TPSA) is 26.2 Å². The van der Waals surface area contributed by atoms with Crippen LogP contribution < -0.4 is 5.43 Å². The molecule has 2 heterocycles. The molecule has 1 aromatic heterocycles. The maximum Gasteiger partial charge on any atom is 0.0890 e. The summed E-state index contributed by atoms with van der Waals surface area (Å²) in [7, 11) is 0. The molecule has 1 saturated heterocycles. The Labute approximate surface area is 59.6 Å². The number of aromatic nitrogens is 1. The van der Waals surface area contributed by atoms with E-state index in [9.17, 15) is 0 Å². The van der Waals surface area contributed by atoms with Crippen molar-refractivity contribution in [2.75, 3.05) is 18.6 Å². The molecule has 1 aliphatic heterocycles. The average Bonchev–Trinajstić information content (AvgIpc) is 2.29. The van der Waals surface area contributed by atoms with Gasteiger partial charge < -0.3 is 10.2 Å². The van der Waals surface area contributed by atoms with Crippen LogP contribution in [0.25, 0.3) is 0 Å². The molecule has 54 valence electrons. The van der Waals surface area contributed by atoms with Crippen molar-refractivity contribution >= 4 is 0 Å². The van der Waals surface area contributed by atoms with Crippen LogP contribution in [0, 0.1) is 0 Å². The number of hydrogen-bond donors (Lipinski definition) is 1. The lowest BCUT2D eigenvalue weighted by Crippen LogP contribution is -2.43. The Morgan fingerprint density at radius 1 is 1.30 bits per heavy atom. The van der Waals surface area contributed by atoms with Crippen LogP contribution in [0.3, 0.4) is 0 Å². The number of hydrogen-bond acceptors (Lipinski definition) is 2. The van der Waals surface area contributed by atoms with Crippen molar-refractivity contribution in [1.82, 2.24) is 4.68 Å². The minimum absolute atomic E-state index is 0.507. The van der Waals surface area contributed by atoms with E-state index in [1.807, 2.05) is 29.2 Å². The van der Waals surface area contributed by atoms with Crippen molar-refractivity contribution in [2.24, 2.45) is 0 Å². The summed E-state index contributed by atoms with van der Waals surface area (Å²) in [6.07, 6.45) is 3.97. The van der Waals surface area contributed by atoms with Crippen LogP contribution in [0.2, 0.25) is 0 Å². The van der Waals surface area contributed by atoms with E-state index >= 15 is 0 Å². The minimum Gasteiger partial charge on any atom is -0.377 e. The van der Waals surface area contributed by atoms with Crippen LogP contribution in [0.5, 0.6) is 0 Å². The van der Waals surface area contributed by atoms with Crippen molar-refractivity contribution < 1.29 is 4.74 Å². The molecule has 0 radical (unpaired) electrons. The number of nitrogens with one attached hydrogen (secondary N) is 1. The third-order valence-electron chi connectivity index (χ3n) is 1.57. The summed E-state index contributed by atoms with van der Waals surface area (Å²) in [5.41, 5.74) is 3.25. The fraction of sp³-hybridized carbons (Fsp3) is 0.429. The van der Waals surface area contributed by atoms with Gasteiger partial charge in [-0.25, -0.2) is 0 Å². The predicted molar refractivity (Wildman–Crippen MR) is 38.4 cm³/mol. The van der Waals surface area contributed by atoms with Gasteiger partial charge in [-0.3, -0.25) is 4.68 Å². The summed E-state index contributed by atoms with van der Waals surface area (Å²) < 4.78 is 6.96. The standard InChI is InChI=1S/C7H10N2O/c1-2-4-9(3-1)8-7-5-10-6-7/h1-4,7-8H,5-6H2. The molecule has 0 saturated carbocycles. The van der Waals surface area contributed by atoms with E-state index in [-0.39, 0.29) is 0 Å². The first-order chi connectivity index (χ1) is 4.95. The molecule has 0 aliphatic carbocycles. The maximum atomic E-state index is 5.01. The lowest BCUT2D eigenvalue weighted by atomic mass is 10.3. The number of ether oxygens (including phenoxy) is 1. The van der Waals surface area contributed by atoms with E-state index in [0.717, 1.165) is 13.2 Å². The van der Waals surface area contributed by atoms with Gasteiger partial charge in [-0.1, -0.05) is 0 Å². The zero-order valence-electron chi connectivity index (χ0n) is 5.66. The molecule has 3 nitrogen and oxygen atoms in total. The summed E-state index contributed by atoms with van der Waals surface area (Å²) in [6.45, 7) is 1.66. The SMILES string of the molecule is c1ccn(NC2COC2)c1. The summed E-state index contributed by atoms with van der Waals surface area (Å²) in [4.78, 5) is 0. The van der Waals surface area contributed by atoms with E-state index in [1.54, 1.807) is 0 Å². The largest absolute Gasteiger partial charge is 0.377 e. The van der Waals surface area contributed by atoms with Gasteiger partial charge in [-0.15, -0.1) is 0 Å². The van der Waals surface area contributed by atoms with Crippen molar-refractivity contribution in [3.05, 3.63) is 24.5 Å². The van der Waals surface area contributed by atoms with E-state index in [0.29, 0.717) is 6.04 Å². The molecular formula is C7H10N2O. The monoisotopic (exact) mass is 138 g/mol. The molecule has 2 rings (SSSR count). The molecule has 10 heavy (non-hydrogen) atoms. The van der Waals surface area contributed by atoms with Crippen molar-refractivity contribution in [1.29, 1.82) is 0 Å². The maximum absolute atomic E-state index is 5.01. The molecule has 1 aromatic rings. The Balaban J connectivity index is 1.90. The second kappa shape index (κ2) is 2.34. The lowest BCUT2D eigenvalue weighted by molar-refractivity contribution is 0.0160. The summed E-state index contributed by atoms with van der Waals surface area (Å²) in [5, 5.41) is 0. The molecular weight excluding hydrogens is 128 g/mol. The minimum atomic E-state index is 0.507. The highest BCUT2D eigenvalue weighted by molar-refractivity contribution is 4.96. The Morgan fingerprint density at radius 2 is 2.00 bits per heavy atom. The van der Waals surface area contributed by atoms with Gasteiger partial charge in [0.05, 0.1) is 19.3 Å². The van der Waals surface area contributed by atoms with Crippen molar-refractivity contribution in [2.45, 2.75) is 6.04 Å². The Hall–Kier alpha value is -0.960. The van der Waals surface area contributed by atoms with Gasteiger partial charge in [-0.05, 0) is 12.1 Å². The molecule has 0 atom stereocenters. The van der Waals surface area contributed by atoms with Crippen molar-refractivity contribution in [3.63, 3.8) is 0 Å². The molecule has 1 N–H and O–H groups in total. The molecule has 1 fully saturated rings. The Bertz CT molecular complexity index is 191. The van der Waals surface area contributed by atoms with Gasteiger partial charge in [0, 0.05) is 12.4 Å². The average molecular weight is 138 g/mol. The predicted octanol–water partition coefficient (Wildman–Crippen LogP) is 0.430. The lowest BCUT2D eigenvalue weighted by Gasteiger charge is -2.27. The zero-order valence-corrected chi connectivity index (χ0v) is 5.66. The van der Waals surface area contributed by atoms with Crippen LogP contribution in [0.4, 0.5) is 0 Å². The van der Waals surface area contributed by atoms with Gasteiger partial charge >= 0.3 is 0 Å². The van der Waals surface area contributed by atoms with Crippen LogP contribution >= 0.6 is 0 Å². The Kier molecular flexibility index (Phi) is 1.36.